The van der Waals surface area contributed by atoms with E-state index in [0.29, 0.717) is 11.8 Å². The van der Waals surface area contributed by atoms with Gasteiger partial charge in [-0.3, -0.25) is 4.79 Å². The van der Waals surface area contributed by atoms with Crippen LogP contribution in [0.5, 0.6) is 0 Å². The van der Waals surface area contributed by atoms with Crippen LogP contribution in [0, 0.1) is 11.8 Å². The summed E-state index contributed by atoms with van der Waals surface area (Å²) in [7, 11) is 0. The number of aldehydes is 1. The van der Waals surface area contributed by atoms with Crippen LogP contribution in [0.3, 0.4) is 0 Å². The van der Waals surface area contributed by atoms with Crippen LogP contribution in [0.25, 0.3) is 0 Å². The minimum absolute atomic E-state index is 0.529. The van der Waals surface area contributed by atoms with Gasteiger partial charge >= 0.3 is 0 Å². The van der Waals surface area contributed by atoms with Gasteiger partial charge in [0.1, 0.15) is 6.29 Å². The Kier molecular flexibility index (Phi) is 6.73. The molecule has 0 aliphatic heterocycles. The highest BCUT2D eigenvalue weighted by atomic mass is 16.1. The average molecular weight is 168 g/mol. The van der Waals surface area contributed by atoms with Gasteiger partial charge in [0.25, 0.3) is 0 Å². The third-order valence-electron chi connectivity index (χ3n) is 2.40. The topological polar surface area (TPSA) is 17.1 Å². The maximum Gasteiger partial charge on any atom is 0.142 e. The van der Waals surface area contributed by atoms with E-state index in [-0.39, 0.29) is 0 Å². The van der Waals surface area contributed by atoms with E-state index in [2.05, 4.69) is 20.8 Å². The molecule has 70 valence electrons. The number of hydrogen-bond acceptors (Lipinski definition) is 1. The van der Waals surface area contributed by atoms with Crippen molar-refractivity contribution < 1.29 is 4.79 Å². The van der Waals surface area contributed by atoms with Crippen molar-refractivity contribution in [3.63, 3.8) is 0 Å². The minimum Gasteiger partial charge on any atom is -0.299 e. The van der Waals surface area contributed by atoms with Crippen molar-refractivity contribution in [1.29, 1.82) is 0 Å². The smallest absolute Gasteiger partial charge is 0.142 e. The SMILES string of the molecule is CCCCC(C)C(C)/C=C/C=O. The van der Waals surface area contributed by atoms with Gasteiger partial charge in [0, 0.05) is 0 Å². The summed E-state index contributed by atoms with van der Waals surface area (Å²) in [5.74, 6) is 1.22. The fourth-order valence-corrected chi connectivity index (χ4v) is 1.20. The maximum absolute atomic E-state index is 10.1. The van der Waals surface area contributed by atoms with Gasteiger partial charge in [-0.2, -0.15) is 0 Å². The first-order valence-electron chi connectivity index (χ1n) is 4.84. The molecule has 2 unspecified atom stereocenters. The number of hydrogen-bond donors (Lipinski definition) is 0. The molecule has 0 aliphatic rings. The number of rotatable bonds is 6. The first-order chi connectivity index (χ1) is 5.72. The molecule has 0 heterocycles. The molecule has 0 aromatic heterocycles. The highest BCUT2D eigenvalue weighted by Crippen LogP contribution is 2.18. The Morgan fingerprint density at radius 1 is 1.33 bits per heavy atom. The van der Waals surface area contributed by atoms with E-state index in [0.717, 1.165) is 6.29 Å². The van der Waals surface area contributed by atoms with Gasteiger partial charge in [0.05, 0.1) is 0 Å². The van der Waals surface area contributed by atoms with E-state index in [1.54, 1.807) is 6.08 Å². The Hall–Kier alpha value is -0.590. The van der Waals surface area contributed by atoms with Crippen LogP contribution in [0.2, 0.25) is 0 Å². The molecular formula is C11H20O. The molecule has 0 fully saturated rings. The molecular weight excluding hydrogens is 148 g/mol. The lowest BCUT2D eigenvalue weighted by Crippen LogP contribution is -2.04. The second-order valence-electron chi connectivity index (χ2n) is 3.50. The van der Waals surface area contributed by atoms with Crippen molar-refractivity contribution in [3.8, 4) is 0 Å². The predicted octanol–water partition coefficient (Wildman–Crippen LogP) is 3.20. The summed E-state index contributed by atoms with van der Waals surface area (Å²) >= 11 is 0. The Morgan fingerprint density at radius 2 is 2.00 bits per heavy atom. The molecule has 12 heavy (non-hydrogen) atoms. The molecule has 1 heteroatoms. The van der Waals surface area contributed by atoms with Crippen LogP contribution >= 0.6 is 0 Å². The molecule has 0 bridgehead atoms. The third-order valence-corrected chi connectivity index (χ3v) is 2.40. The van der Waals surface area contributed by atoms with E-state index < -0.39 is 0 Å². The van der Waals surface area contributed by atoms with Crippen molar-refractivity contribution in [2.24, 2.45) is 11.8 Å². The van der Waals surface area contributed by atoms with Gasteiger partial charge in [-0.1, -0.05) is 46.1 Å². The maximum atomic E-state index is 10.1. The lowest BCUT2D eigenvalue weighted by Gasteiger charge is -2.15. The van der Waals surface area contributed by atoms with Crippen molar-refractivity contribution in [1.82, 2.24) is 0 Å². The Bertz CT molecular complexity index is 138. The lowest BCUT2D eigenvalue weighted by molar-refractivity contribution is -0.104. The van der Waals surface area contributed by atoms with Crippen molar-refractivity contribution in [2.45, 2.75) is 40.0 Å². The molecule has 0 aromatic rings. The van der Waals surface area contributed by atoms with E-state index in [4.69, 9.17) is 0 Å². The molecule has 0 spiro atoms. The number of unbranched alkanes of at least 4 members (excludes halogenated alkanes) is 1. The zero-order valence-electron chi connectivity index (χ0n) is 8.42. The lowest BCUT2D eigenvalue weighted by atomic mass is 9.91. The highest BCUT2D eigenvalue weighted by molar-refractivity contribution is 5.64. The predicted molar refractivity (Wildman–Crippen MR) is 53.1 cm³/mol. The van der Waals surface area contributed by atoms with Crippen molar-refractivity contribution in [3.05, 3.63) is 12.2 Å². The number of carbonyl (C=O) groups is 1. The van der Waals surface area contributed by atoms with E-state index in [1.165, 1.54) is 19.3 Å². The van der Waals surface area contributed by atoms with Gasteiger partial charge < -0.3 is 0 Å². The fourth-order valence-electron chi connectivity index (χ4n) is 1.20. The second-order valence-corrected chi connectivity index (χ2v) is 3.50. The quantitative estimate of drug-likeness (QED) is 0.439. The standard InChI is InChI=1S/C11H20O/c1-4-5-7-10(2)11(3)8-6-9-12/h6,8-11H,4-5,7H2,1-3H3/b8-6+. The van der Waals surface area contributed by atoms with Gasteiger partial charge in [-0.15, -0.1) is 0 Å². The van der Waals surface area contributed by atoms with E-state index in [9.17, 15) is 4.79 Å². The largest absolute Gasteiger partial charge is 0.299 e. The summed E-state index contributed by atoms with van der Waals surface area (Å²) in [6.07, 6.45) is 8.26. The Labute approximate surface area is 75.9 Å². The van der Waals surface area contributed by atoms with Gasteiger partial charge in [-0.05, 0) is 17.9 Å². The summed E-state index contributed by atoms with van der Waals surface area (Å²) in [5, 5.41) is 0. The molecule has 0 N–H and O–H groups in total. The molecule has 0 saturated heterocycles. The summed E-state index contributed by atoms with van der Waals surface area (Å²) in [6, 6.07) is 0. The van der Waals surface area contributed by atoms with E-state index >= 15 is 0 Å². The third kappa shape index (κ3) is 5.11. The molecule has 2 atom stereocenters. The molecule has 0 aromatic carbocycles. The van der Waals surface area contributed by atoms with Crippen LogP contribution in [0.15, 0.2) is 12.2 Å². The highest BCUT2D eigenvalue weighted by Gasteiger charge is 2.07. The summed E-state index contributed by atoms with van der Waals surface area (Å²) in [5.41, 5.74) is 0. The molecule has 0 rings (SSSR count). The summed E-state index contributed by atoms with van der Waals surface area (Å²) in [4.78, 5) is 10.1. The fraction of sp³-hybridized carbons (Fsp3) is 0.727. The van der Waals surface area contributed by atoms with Gasteiger partial charge in [0.15, 0.2) is 0 Å². The molecule has 0 radical (unpaired) electrons. The Morgan fingerprint density at radius 3 is 2.50 bits per heavy atom. The molecule has 0 saturated carbocycles. The first kappa shape index (κ1) is 11.4. The zero-order chi connectivity index (χ0) is 9.40. The Balaban J connectivity index is 3.67. The monoisotopic (exact) mass is 168 g/mol. The van der Waals surface area contributed by atoms with Gasteiger partial charge in [-0.25, -0.2) is 0 Å². The zero-order valence-corrected chi connectivity index (χ0v) is 8.42. The van der Waals surface area contributed by atoms with Crippen molar-refractivity contribution in [2.75, 3.05) is 0 Å². The summed E-state index contributed by atoms with van der Waals surface area (Å²) in [6.45, 7) is 6.62. The number of carbonyl (C=O) groups excluding carboxylic acids is 1. The average Bonchev–Trinajstić information content (AvgIpc) is 2.10. The molecule has 0 amide bonds. The van der Waals surface area contributed by atoms with E-state index in [1.807, 2.05) is 6.08 Å². The van der Waals surface area contributed by atoms with Crippen LogP contribution in [-0.4, -0.2) is 6.29 Å². The van der Waals surface area contributed by atoms with Crippen molar-refractivity contribution >= 4 is 6.29 Å². The minimum atomic E-state index is 0.529. The van der Waals surface area contributed by atoms with Crippen LogP contribution in [-0.2, 0) is 4.79 Å². The van der Waals surface area contributed by atoms with Crippen LogP contribution in [0.4, 0.5) is 0 Å². The summed E-state index contributed by atoms with van der Waals surface area (Å²) < 4.78 is 0. The van der Waals surface area contributed by atoms with Gasteiger partial charge in [0.2, 0.25) is 0 Å². The molecule has 0 aliphatic carbocycles. The van der Waals surface area contributed by atoms with Crippen LogP contribution in [0.1, 0.15) is 40.0 Å². The number of allylic oxidation sites excluding steroid dienone is 2. The normalized spacial score (nSPS) is 16.2. The second kappa shape index (κ2) is 7.08. The first-order valence-corrected chi connectivity index (χ1v) is 4.84. The molecule has 1 nitrogen and oxygen atoms in total. The van der Waals surface area contributed by atoms with Crippen LogP contribution < -0.4 is 0 Å².